The summed E-state index contributed by atoms with van der Waals surface area (Å²) < 4.78 is 14.0. The SMILES string of the molecule is CCNC(CCc1cccnc1)Cc1ccc(F)cc1Br. The van der Waals surface area contributed by atoms with Gasteiger partial charge in [-0.2, -0.15) is 0 Å². The maximum Gasteiger partial charge on any atom is 0.124 e. The molecule has 0 bridgehead atoms. The number of aromatic nitrogens is 1. The lowest BCUT2D eigenvalue weighted by atomic mass is 9.99. The number of nitrogens with zero attached hydrogens (tertiary/aromatic N) is 1. The fourth-order valence-corrected chi connectivity index (χ4v) is 2.92. The zero-order valence-electron chi connectivity index (χ0n) is 12.2. The van der Waals surface area contributed by atoms with Gasteiger partial charge in [-0.1, -0.05) is 35.0 Å². The molecule has 112 valence electrons. The standard InChI is InChI=1S/C17H20BrFN2/c1-2-21-16(8-5-13-4-3-9-20-12-13)10-14-6-7-15(19)11-17(14)18/h3-4,6-7,9,11-12,16,21H,2,5,8,10H2,1H3. The van der Waals surface area contributed by atoms with Gasteiger partial charge >= 0.3 is 0 Å². The van der Waals surface area contributed by atoms with Gasteiger partial charge in [-0.25, -0.2) is 4.39 Å². The van der Waals surface area contributed by atoms with Gasteiger partial charge in [0.05, 0.1) is 0 Å². The molecule has 2 aromatic rings. The molecule has 0 aliphatic rings. The third kappa shape index (κ3) is 5.21. The van der Waals surface area contributed by atoms with Crippen LogP contribution in [0.2, 0.25) is 0 Å². The molecular weight excluding hydrogens is 331 g/mol. The van der Waals surface area contributed by atoms with E-state index in [1.165, 1.54) is 17.7 Å². The summed E-state index contributed by atoms with van der Waals surface area (Å²) in [4.78, 5) is 4.15. The van der Waals surface area contributed by atoms with Crippen molar-refractivity contribution in [2.24, 2.45) is 0 Å². The average molecular weight is 351 g/mol. The summed E-state index contributed by atoms with van der Waals surface area (Å²) in [5.74, 6) is -0.207. The van der Waals surface area contributed by atoms with Gasteiger partial charge in [-0.05, 0) is 55.1 Å². The fraction of sp³-hybridized carbons (Fsp3) is 0.353. The summed E-state index contributed by atoms with van der Waals surface area (Å²) in [7, 11) is 0. The highest BCUT2D eigenvalue weighted by Gasteiger charge is 2.11. The molecule has 1 N–H and O–H groups in total. The fourth-order valence-electron chi connectivity index (χ4n) is 2.40. The molecule has 0 spiro atoms. The summed E-state index contributed by atoms with van der Waals surface area (Å²) in [6.45, 7) is 3.04. The quantitative estimate of drug-likeness (QED) is 0.811. The molecular formula is C17H20BrFN2. The van der Waals surface area contributed by atoms with Crippen LogP contribution in [0.5, 0.6) is 0 Å². The molecule has 0 radical (unpaired) electrons. The summed E-state index contributed by atoms with van der Waals surface area (Å²) >= 11 is 3.44. The Kier molecular flexibility index (Phi) is 6.33. The number of aryl methyl sites for hydroxylation is 1. The lowest BCUT2D eigenvalue weighted by molar-refractivity contribution is 0.489. The third-order valence-electron chi connectivity index (χ3n) is 3.48. The highest BCUT2D eigenvalue weighted by atomic mass is 79.9. The molecule has 1 aromatic carbocycles. The predicted octanol–water partition coefficient (Wildman–Crippen LogP) is 4.14. The van der Waals surface area contributed by atoms with Crippen LogP contribution in [0.4, 0.5) is 4.39 Å². The molecule has 0 saturated heterocycles. The van der Waals surface area contributed by atoms with Crippen LogP contribution in [0.25, 0.3) is 0 Å². The first-order valence-electron chi connectivity index (χ1n) is 7.25. The number of hydrogen-bond donors (Lipinski definition) is 1. The van der Waals surface area contributed by atoms with Crippen molar-refractivity contribution in [2.45, 2.75) is 32.2 Å². The van der Waals surface area contributed by atoms with E-state index in [9.17, 15) is 4.39 Å². The first kappa shape index (κ1) is 16.1. The van der Waals surface area contributed by atoms with E-state index < -0.39 is 0 Å². The van der Waals surface area contributed by atoms with Crippen molar-refractivity contribution >= 4 is 15.9 Å². The first-order chi connectivity index (χ1) is 10.2. The van der Waals surface area contributed by atoms with E-state index >= 15 is 0 Å². The molecule has 1 heterocycles. The van der Waals surface area contributed by atoms with Gasteiger partial charge in [0.1, 0.15) is 5.82 Å². The Bertz CT molecular complexity index is 560. The van der Waals surface area contributed by atoms with Crippen LogP contribution in [0.15, 0.2) is 47.2 Å². The van der Waals surface area contributed by atoms with E-state index in [1.807, 2.05) is 18.3 Å². The van der Waals surface area contributed by atoms with E-state index in [0.29, 0.717) is 6.04 Å². The van der Waals surface area contributed by atoms with Crippen molar-refractivity contribution in [3.8, 4) is 0 Å². The van der Waals surface area contributed by atoms with Gasteiger partial charge in [0.15, 0.2) is 0 Å². The van der Waals surface area contributed by atoms with Crippen LogP contribution >= 0.6 is 15.9 Å². The summed E-state index contributed by atoms with van der Waals surface area (Å²) in [5.41, 5.74) is 2.38. The van der Waals surface area contributed by atoms with Crippen molar-refractivity contribution in [1.82, 2.24) is 10.3 Å². The molecule has 2 rings (SSSR count). The average Bonchev–Trinajstić information content (AvgIpc) is 2.49. The van der Waals surface area contributed by atoms with Gasteiger partial charge in [0.25, 0.3) is 0 Å². The van der Waals surface area contributed by atoms with Crippen LogP contribution in [0.1, 0.15) is 24.5 Å². The topological polar surface area (TPSA) is 24.9 Å². The second-order valence-corrected chi connectivity index (χ2v) is 5.95. The van der Waals surface area contributed by atoms with Gasteiger partial charge < -0.3 is 5.32 Å². The number of halogens is 2. The molecule has 21 heavy (non-hydrogen) atoms. The number of benzene rings is 1. The predicted molar refractivity (Wildman–Crippen MR) is 87.8 cm³/mol. The molecule has 0 saturated carbocycles. The van der Waals surface area contributed by atoms with Crippen LogP contribution in [0, 0.1) is 5.82 Å². The van der Waals surface area contributed by atoms with Gasteiger partial charge in [-0.15, -0.1) is 0 Å². The van der Waals surface area contributed by atoms with E-state index in [2.05, 4.69) is 39.2 Å². The third-order valence-corrected chi connectivity index (χ3v) is 4.22. The number of nitrogens with one attached hydrogen (secondary N) is 1. The Hall–Kier alpha value is -1.26. The molecule has 0 aliphatic heterocycles. The minimum absolute atomic E-state index is 0.207. The van der Waals surface area contributed by atoms with Gasteiger partial charge in [0.2, 0.25) is 0 Å². The molecule has 1 unspecified atom stereocenters. The Morgan fingerprint density at radius 3 is 2.86 bits per heavy atom. The Balaban J connectivity index is 1.98. The van der Waals surface area contributed by atoms with Gasteiger partial charge in [-0.3, -0.25) is 4.98 Å². The minimum atomic E-state index is -0.207. The van der Waals surface area contributed by atoms with Crippen molar-refractivity contribution in [3.05, 3.63) is 64.1 Å². The van der Waals surface area contributed by atoms with Crippen molar-refractivity contribution in [2.75, 3.05) is 6.54 Å². The van der Waals surface area contributed by atoms with Crippen molar-refractivity contribution in [3.63, 3.8) is 0 Å². The lowest BCUT2D eigenvalue weighted by Crippen LogP contribution is -2.31. The van der Waals surface area contributed by atoms with Crippen LogP contribution < -0.4 is 5.32 Å². The van der Waals surface area contributed by atoms with E-state index in [4.69, 9.17) is 0 Å². The number of likely N-dealkylation sites (N-methyl/N-ethyl adjacent to an activating group) is 1. The molecule has 2 nitrogen and oxygen atoms in total. The maximum absolute atomic E-state index is 13.1. The van der Waals surface area contributed by atoms with E-state index in [1.54, 1.807) is 6.20 Å². The summed E-state index contributed by atoms with van der Waals surface area (Å²) in [6.07, 6.45) is 6.61. The Morgan fingerprint density at radius 1 is 1.33 bits per heavy atom. The zero-order chi connectivity index (χ0) is 15.1. The largest absolute Gasteiger partial charge is 0.314 e. The van der Waals surface area contributed by atoms with Crippen LogP contribution in [0.3, 0.4) is 0 Å². The molecule has 1 aromatic heterocycles. The highest BCUT2D eigenvalue weighted by Crippen LogP contribution is 2.20. The number of hydrogen-bond acceptors (Lipinski definition) is 2. The normalized spacial score (nSPS) is 12.3. The Labute approximate surface area is 133 Å². The number of rotatable bonds is 7. The Morgan fingerprint density at radius 2 is 2.19 bits per heavy atom. The zero-order valence-corrected chi connectivity index (χ0v) is 13.7. The second kappa shape index (κ2) is 8.25. The molecule has 0 amide bonds. The first-order valence-corrected chi connectivity index (χ1v) is 8.04. The molecule has 4 heteroatoms. The lowest BCUT2D eigenvalue weighted by Gasteiger charge is -2.18. The number of pyridine rings is 1. The van der Waals surface area contributed by atoms with Crippen molar-refractivity contribution in [1.29, 1.82) is 0 Å². The van der Waals surface area contributed by atoms with Crippen molar-refractivity contribution < 1.29 is 4.39 Å². The van der Waals surface area contributed by atoms with Gasteiger partial charge in [0, 0.05) is 22.9 Å². The van der Waals surface area contributed by atoms with E-state index in [0.717, 1.165) is 35.8 Å². The monoisotopic (exact) mass is 350 g/mol. The molecule has 0 aliphatic carbocycles. The highest BCUT2D eigenvalue weighted by molar-refractivity contribution is 9.10. The molecule has 1 atom stereocenters. The minimum Gasteiger partial charge on any atom is -0.314 e. The maximum atomic E-state index is 13.1. The van der Waals surface area contributed by atoms with E-state index in [-0.39, 0.29) is 5.82 Å². The second-order valence-electron chi connectivity index (χ2n) is 5.09. The molecule has 0 fully saturated rings. The smallest absolute Gasteiger partial charge is 0.124 e. The summed E-state index contributed by atoms with van der Waals surface area (Å²) in [6, 6.07) is 9.34. The summed E-state index contributed by atoms with van der Waals surface area (Å²) in [5, 5.41) is 3.51. The van der Waals surface area contributed by atoms with Crippen LogP contribution in [-0.2, 0) is 12.8 Å². The van der Waals surface area contributed by atoms with Crippen LogP contribution in [-0.4, -0.2) is 17.6 Å².